The zero-order valence-electron chi connectivity index (χ0n) is 16.1. The molecule has 0 heterocycles. The lowest BCUT2D eigenvalue weighted by atomic mass is 10.1. The van der Waals surface area contributed by atoms with Crippen molar-refractivity contribution in [2.45, 2.75) is 33.4 Å². The third-order valence-electron chi connectivity index (χ3n) is 4.50. The van der Waals surface area contributed by atoms with Crippen LogP contribution in [0, 0.1) is 13.8 Å². The molecule has 1 atom stereocenters. The van der Waals surface area contributed by atoms with Gasteiger partial charge in [0.05, 0.1) is 0 Å². The summed E-state index contributed by atoms with van der Waals surface area (Å²) in [7, 11) is 1.56. The molecule has 2 amide bonds. The fourth-order valence-electron chi connectivity index (χ4n) is 2.66. The lowest BCUT2D eigenvalue weighted by Gasteiger charge is -2.28. The Morgan fingerprint density at radius 1 is 1.15 bits per heavy atom. The van der Waals surface area contributed by atoms with Crippen molar-refractivity contribution in [3.05, 3.63) is 63.6 Å². The smallest absolute Gasteiger partial charge is 0.261 e. The normalized spacial score (nSPS) is 11.6. The lowest BCUT2D eigenvalue weighted by Crippen LogP contribution is -2.48. The van der Waals surface area contributed by atoms with Crippen molar-refractivity contribution in [1.29, 1.82) is 0 Å². The molecule has 6 heteroatoms. The number of aryl methyl sites for hydroxylation is 2. The van der Waals surface area contributed by atoms with Crippen molar-refractivity contribution in [1.82, 2.24) is 10.2 Å². The van der Waals surface area contributed by atoms with Crippen molar-refractivity contribution in [3.8, 4) is 5.75 Å². The fourth-order valence-corrected chi connectivity index (χ4v) is 3.10. The van der Waals surface area contributed by atoms with Crippen LogP contribution in [-0.2, 0) is 16.1 Å². The maximum absolute atomic E-state index is 12.8. The first kappa shape index (κ1) is 21.0. The van der Waals surface area contributed by atoms with E-state index < -0.39 is 6.04 Å². The van der Waals surface area contributed by atoms with E-state index in [2.05, 4.69) is 21.2 Å². The largest absolute Gasteiger partial charge is 0.484 e. The van der Waals surface area contributed by atoms with E-state index in [1.165, 1.54) is 4.90 Å². The second-order valence-electron chi connectivity index (χ2n) is 6.48. The maximum atomic E-state index is 12.8. The highest BCUT2D eigenvalue weighted by Gasteiger charge is 2.25. The fraction of sp³-hybridized carbons (Fsp3) is 0.333. The molecule has 0 spiro atoms. The third kappa shape index (κ3) is 5.82. The van der Waals surface area contributed by atoms with E-state index in [0.717, 1.165) is 21.2 Å². The second-order valence-corrected chi connectivity index (χ2v) is 7.39. The minimum absolute atomic E-state index is 0.127. The van der Waals surface area contributed by atoms with Gasteiger partial charge in [0, 0.05) is 18.1 Å². The highest BCUT2D eigenvalue weighted by molar-refractivity contribution is 9.10. The summed E-state index contributed by atoms with van der Waals surface area (Å²) in [5.41, 5.74) is 3.20. The van der Waals surface area contributed by atoms with Crippen LogP contribution in [0.2, 0.25) is 0 Å². The summed E-state index contributed by atoms with van der Waals surface area (Å²) >= 11 is 3.44. The molecule has 2 aromatic rings. The van der Waals surface area contributed by atoms with Crippen LogP contribution in [-0.4, -0.2) is 36.4 Å². The molecule has 2 aromatic carbocycles. The van der Waals surface area contributed by atoms with E-state index in [4.69, 9.17) is 4.74 Å². The lowest BCUT2D eigenvalue weighted by molar-refractivity contribution is -0.142. The van der Waals surface area contributed by atoms with Gasteiger partial charge in [0.1, 0.15) is 11.8 Å². The number of likely N-dealkylation sites (N-methyl/N-ethyl adjacent to an activating group) is 1. The van der Waals surface area contributed by atoms with Gasteiger partial charge in [-0.2, -0.15) is 0 Å². The molecule has 0 saturated carbocycles. The minimum atomic E-state index is -0.607. The number of rotatable bonds is 7. The zero-order chi connectivity index (χ0) is 20.0. The number of amides is 2. The van der Waals surface area contributed by atoms with Gasteiger partial charge in [-0.15, -0.1) is 0 Å². The van der Waals surface area contributed by atoms with Gasteiger partial charge in [0.15, 0.2) is 6.61 Å². The van der Waals surface area contributed by atoms with Crippen LogP contribution in [0.4, 0.5) is 0 Å². The number of nitrogens with one attached hydrogen (secondary N) is 1. The third-order valence-corrected chi connectivity index (χ3v) is 4.99. The summed E-state index contributed by atoms with van der Waals surface area (Å²) in [5.74, 6) is 0.176. The molecule has 27 heavy (non-hydrogen) atoms. The van der Waals surface area contributed by atoms with Crippen molar-refractivity contribution in [2.75, 3.05) is 13.7 Å². The molecule has 0 radical (unpaired) electrons. The van der Waals surface area contributed by atoms with Crippen molar-refractivity contribution in [3.63, 3.8) is 0 Å². The van der Waals surface area contributed by atoms with E-state index >= 15 is 0 Å². The van der Waals surface area contributed by atoms with Crippen LogP contribution < -0.4 is 10.1 Å². The van der Waals surface area contributed by atoms with Gasteiger partial charge in [0.2, 0.25) is 5.91 Å². The molecule has 0 bridgehead atoms. The van der Waals surface area contributed by atoms with Crippen LogP contribution in [0.3, 0.4) is 0 Å². The van der Waals surface area contributed by atoms with Crippen LogP contribution in [0.1, 0.15) is 23.6 Å². The summed E-state index contributed by atoms with van der Waals surface area (Å²) < 4.78 is 6.60. The number of benzene rings is 2. The number of hydrogen-bond acceptors (Lipinski definition) is 3. The standard InChI is InChI=1S/C21H25BrN2O3/c1-14-8-9-19(10-15(14)2)27-13-20(25)24(16(3)21(26)23-4)12-17-6-5-7-18(22)11-17/h5-11,16H,12-13H2,1-4H3,(H,23,26)/t16-/m1/s1. The number of hydrogen-bond donors (Lipinski definition) is 1. The number of carbonyl (C=O) groups is 2. The Morgan fingerprint density at radius 2 is 1.89 bits per heavy atom. The topological polar surface area (TPSA) is 58.6 Å². The molecule has 0 unspecified atom stereocenters. The number of ether oxygens (including phenoxy) is 1. The average molecular weight is 433 g/mol. The number of halogens is 1. The quantitative estimate of drug-likeness (QED) is 0.726. The first-order valence-corrected chi connectivity index (χ1v) is 9.56. The van der Waals surface area contributed by atoms with Crippen molar-refractivity contribution in [2.24, 2.45) is 0 Å². The molecule has 0 aliphatic heterocycles. The van der Waals surface area contributed by atoms with Gasteiger partial charge in [0.25, 0.3) is 5.91 Å². The molecule has 0 aromatic heterocycles. The molecule has 0 aliphatic rings. The Morgan fingerprint density at radius 3 is 2.52 bits per heavy atom. The van der Waals surface area contributed by atoms with Gasteiger partial charge in [-0.1, -0.05) is 34.1 Å². The first-order chi connectivity index (χ1) is 12.8. The van der Waals surface area contributed by atoms with Gasteiger partial charge < -0.3 is 15.0 Å². The zero-order valence-corrected chi connectivity index (χ0v) is 17.7. The average Bonchev–Trinajstić information content (AvgIpc) is 2.65. The monoisotopic (exact) mass is 432 g/mol. The molecular formula is C21H25BrN2O3. The van der Waals surface area contributed by atoms with Crippen molar-refractivity contribution < 1.29 is 14.3 Å². The van der Waals surface area contributed by atoms with Crippen LogP contribution in [0.25, 0.3) is 0 Å². The van der Waals surface area contributed by atoms with Gasteiger partial charge in [-0.3, -0.25) is 9.59 Å². The van der Waals surface area contributed by atoms with Crippen LogP contribution >= 0.6 is 15.9 Å². The van der Waals surface area contributed by atoms with E-state index in [0.29, 0.717) is 12.3 Å². The molecule has 2 rings (SSSR count). The molecule has 1 N–H and O–H groups in total. The molecule has 144 valence electrons. The molecule has 0 saturated heterocycles. The Hall–Kier alpha value is -2.34. The highest BCUT2D eigenvalue weighted by atomic mass is 79.9. The van der Waals surface area contributed by atoms with E-state index in [1.807, 2.05) is 56.3 Å². The van der Waals surface area contributed by atoms with Crippen LogP contribution in [0.5, 0.6) is 5.75 Å². The number of nitrogens with zero attached hydrogens (tertiary/aromatic N) is 1. The summed E-state index contributed by atoms with van der Waals surface area (Å²) in [6.45, 7) is 5.93. The summed E-state index contributed by atoms with van der Waals surface area (Å²) in [6.07, 6.45) is 0. The van der Waals surface area contributed by atoms with Crippen LogP contribution in [0.15, 0.2) is 46.9 Å². The second kappa shape index (κ2) is 9.55. The SMILES string of the molecule is CNC(=O)[C@@H](C)N(Cc1cccc(Br)c1)C(=O)COc1ccc(C)c(C)c1. The predicted molar refractivity (Wildman–Crippen MR) is 110 cm³/mol. The Kier molecular flexibility index (Phi) is 7.42. The van der Waals surface area contributed by atoms with Crippen molar-refractivity contribution >= 4 is 27.7 Å². The number of carbonyl (C=O) groups excluding carboxylic acids is 2. The highest BCUT2D eigenvalue weighted by Crippen LogP contribution is 2.18. The summed E-state index contributed by atoms with van der Waals surface area (Å²) in [5, 5.41) is 2.60. The summed E-state index contributed by atoms with van der Waals surface area (Å²) in [4.78, 5) is 26.5. The van der Waals surface area contributed by atoms with E-state index in [9.17, 15) is 9.59 Å². The van der Waals surface area contributed by atoms with E-state index in [-0.39, 0.29) is 18.4 Å². The first-order valence-electron chi connectivity index (χ1n) is 8.77. The molecular weight excluding hydrogens is 408 g/mol. The van der Waals surface area contributed by atoms with Gasteiger partial charge in [-0.25, -0.2) is 0 Å². The maximum Gasteiger partial charge on any atom is 0.261 e. The Labute approximate surface area is 168 Å². The minimum Gasteiger partial charge on any atom is -0.484 e. The Balaban J connectivity index is 2.14. The Bertz CT molecular complexity index is 823. The molecule has 0 aliphatic carbocycles. The summed E-state index contributed by atoms with van der Waals surface area (Å²) in [6, 6.07) is 12.8. The van der Waals surface area contributed by atoms with E-state index in [1.54, 1.807) is 14.0 Å². The van der Waals surface area contributed by atoms with Gasteiger partial charge in [-0.05, 0) is 61.7 Å². The molecule has 5 nitrogen and oxygen atoms in total. The molecule has 0 fully saturated rings. The van der Waals surface area contributed by atoms with Gasteiger partial charge >= 0.3 is 0 Å². The predicted octanol–water partition coefficient (Wildman–Crippen LogP) is 3.61.